The summed E-state index contributed by atoms with van der Waals surface area (Å²) in [5.41, 5.74) is 7.99. The molecule has 4 heteroatoms. The molecule has 0 bridgehead atoms. The molecule has 3 nitrogen and oxygen atoms in total. The van der Waals surface area contributed by atoms with Crippen LogP contribution in [0.5, 0.6) is 0 Å². The van der Waals surface area contributed by atoms with Crippen molar-refractivity contribution in [1.29, 1.82) is 0 Å². The highest BCUT2D eigenvalue weighted by Gasteiger charge is 2.34. The maximum absolute atomic E-state index is 6.39. The van der Waals surface area contributed by atoms with E-state index < -0.39 is 0 Å². The number of thiazole rings is 1. The highest BCUT2D eigenvalue weighted by molar-refractivity contribution is 7.09. The standard InChI is InChI=1S/C17H31N3S/c1-12-19-15(11-21-12)10-20(5)9-13-8-14(17(2,3)4)6-7-16(13)18/h11,13-14,16H,6-10,18H2,1-5H3. The third-order valence-electron chi connectivity index (χ3n) is 4.91. The first kappa shape index (κ1) is 16.9. The van der Waals surface area contributed by atoms with Gasteiger partial charge in [-0.15, -0.1) is 11.3 Å². The predicted molar refractivity (Wildman–Crippen MR) is 91.4 cm³/mol. The predicted octanol–water partition coefficient (Wildman–Crippen LogP) is 3.67. The Balaban J connectivity index is 1.90. The van der Waals surface area contributed by atoms with Crippen LogP contribution in [0.4, 0.5) is 0 Å². The van der Waals surface area contributed by atoms with E-state index in [1.807, 2.05) is 0 Å². The Morgan fingerprint density at radius 2 is 2.10 bits per heavy atom. The van der Waals surface area contributed by atoms with E-state index in [1.54, 1.807) is 11.3 Å². The monoisotopic (exact) mass is 309 g/mol. The number of nitrogens with two attached hydrogens (primary N) is 1. The normalized spacial score (nSPS) is 27.3. The highest BCUT2D eigenvalue weighted by Crippen LogP contribution is 2.40. The third kappa shape index (κ3) is 4.76. The molecule has 1 aromatic rings. The molecule has 0 amide bonds. The Hall–Kier alpha value is -0.450. The Morgan fingerprint density at radius 3 is 2.67 bits per heavy atom. The molecule has 120 valence electrons. The fourth-order valence-electron chi connectivity index (χ4n) is 3.51. The van der Waals surface area contributed by atoms with E-state index in [9.17, 15) is 0 Å². The van der Waals surface area contributed by atoms with Gasteiger partial charge in [-0.25, -0.2) is 4.98 Å². The maximum Gasteiger partial charge on any atom is 0.0897 e. The Morgan fingerprint density at radius 1 is 1.38 bits per heavy atom. The van der Waals surface area contributed by atoms with Crippen LogP contribution < -0.4 is 5.73 Å². The minimum Gasteiger partial charge on any atom is -0.327 e. The lowest BCUT2D eigenvalue weighted by Crippen LogP contribution is -2.44. The topological polar surface area (TPSA) is 42.2 Å². The molecule has 3 unspecified atom stereocenters. The molecule has 2 rings (SSSR count). The molecule has 0 aliphatic heterocycles. The second kappa shape index (κ2) is 6.76. The van der Waals surface area contributed by atoms with Crippen LogP contribution in [-0.2, 0) is 6.54 Å². The Labute approximate surface area is 133 Å². The molecule has 2 N–H and O–H groups in total. The SMILES string of the molecule is Cc1nc(CN(C)CC2CC(C(C)(C)C)CCC2N)cs1. The first-order valence-electron chi connectivity index (χ1n) is 8.11. The number of aromatic nitrogens is 1. The zero-order valence-corrected chi connectivity index (χ0v) is 15.0. The van der Waals surface area contributed by atoms with Gasteiger partial charge >= 0.3 is 0 Å². The second-order valence-electron chi connectivity index (χ2n) is 7.85. The lowest BCUT2D eigenvalue weighted by molar-refractivity contribution is 0.104. The van der Waals surface area contributed by atoms with Crippen molar-refractivity contribution in [2.45, 2.75) is 59.5 Å². The van der Waals surface area contributed by atoms with Gasteiger partial charge in [-0.3, -0.25) is 0 Å². The molecule has 1 heterocycles. The Bertz CT molecular complexity index is 449. The molecule has 0 spiro atoms. The fraction of sp³-hybridized carbons (Fsp3) is 0.824. The molecule has 1 fully saturated rings. The van der Waals surface area contributed by atoms with Crippen molar-refractivity contribution >= 4 is 11.3 Å². The van der Waals surface area contributed by atoms with Crippen LogP contribution in [0.25, 0.3) is 0 Å². The van der Waals surface area contributed by atoms with Gasteiger partial charge in [-0.1, -0.05) is 20.8 Å². The molecule has 0 radical (unpaired) electrons. The van der Waals surface area contributed by atoms with Crippen LogP contribution in [0.3, 0.4) is 0 Å². The minimum atomic E-state index is 0.364. The lowest BCUT2D eigenvalue weighted by Gasteiger charge is -2.41. The highest BCUT2D eigenvalue weighted by atomic mass is 32.1. The molecule has 1 aromatic heterocycles. The summed E-state index contributed by atoms with van der Waals surface area (Å²) >= 11 is 1.73. The summed E-state index contributed by atoms with van der Waals surface area (Å²) in [7, 11) is 2.20. The van der Waals surface area contributed by atoms with Gasteiger partial charge in [0.25, 0.3) is 0 Å². The van der Waals surface area contributed by atoms with Crippen LogP contribution in [-0.4, -0.2) is 29.5 Å². The number of hydrogen-bond donors (Lipinski definition) is 1. The molecule has 21 heavy (non-hydrogen) atoms. The van der Waals surface area contributed by atoms with Crippen LogP contribution in [0, 0.1) is 24.2 Å². The second-order valence-corrected chi connectivity index (χ2v) is 8.92. The van der Waals surface area contributed by atoms with Gasteiger partial charge in [0.1, 0.15) is 0 Å². The summed E-state index contributed by atoms with van der Waals surface area (Å²) in [6.07, 6.45) is 3.73. The zero-order chi connectivity index (χ0) is 15.6. The van der Waals surface area contributed by atoms with Crippen LogP contribution in [0.1, 0.15) is 50.7 Å². The van der Waals surface area contributed by atoms with Crippen molar-refractivity contribution in [1.82, 2.24) is 9.88 Å². The van der Waals surface area contributed by atoms with Gasteiger partial charge in [-0.2, -0.15) is 0 Å². The van der Waals surface area contributed by atoms with Crippen LogP contribution in [0.2, 0.25) is 0 Å². The van der Waals surface area contributed by atoms with Gasteiger partial charge in [0.05, 0.1) is 10.7 Å². The summed E-state index contributed by atoms with van der Waals surface area (Å²) in [5.74, 6) is 1.42. The maximum atomic E-state index is 6.39. The number of nitrogens with zero attached hydrogens (tertiary/aromatic N) is 2. The first-order valence-corrected chi connectivity index (χ1v) is 8.99. The minimum absolute atomic E-state index is 0.364. The average Bonchev–Trinajstić information content (AvgIpc) is 2.76. The summed E-state index contributed by atoms with van der Waals surface area (Å²) in [5, 5.41) is 3.32. The van der Waals surface area contributed by atoms with Gasteiger partial charge < -0.3 is 10.6 Å². The summed E-state index contributed by atoms with van der Waals surface area (Å²) in [4.78, 5) is 6.96. The van der Waals surface area contributed by atoms with E-state index in [0.29, 0.717) is 17.4 Å². The van der Waals surface area contributed by atoms with Crippen molar-refractivity contribution in [3.05, 3.63) is 16.1 Å². The molecular formula is C17H31N3S. The summed E-state index contributed by atoms with van der Waals surface area (Å²) < 4.78 is 0. The lowest BCUT2D eigenvalue weighted by atomic mass is 9.67. The molecule has 1 aliphatic carbocycles. The van der Waals surface area contributed by atoms with Crippen LogP contribution >= 0.6 is 11.3 Å². The van der Waals surface area contributed by atoms with Crippen LogP contribution in [0.15, 0.2) is 5.38 Å². The summed E-state index contributed by atoms with van der Waals surface area (Å²) in [6, 6.07) is 0.364. The molecule has 1 saturated carbocycles. The van der Waals surface area contributed by atoms with E-state index >= 15 is 0 Å². The molecule has 3 atom stereocenters. The van der Waals surface area contributed by atoms with Gasteiger partial charge in [-0.05, 0) is 50.5 Å². The number of aryl methyl sites for hydroxylation is 1. The van der Waals surface area contributed by atoms with E-state index in [2.05, 4.69) is 50.0 Å². The molecule has 1 aliphatic rings. The molecule has 0 aromatic carbocycles. The van der Waals surface area contributed by atoms with Gasteiger partial charge in [0.15, 0.2) is 0 Å². The first-order chi connectivity index (χ1) is 9.75. The fourth-order valence-corrected chi connectivity index (χ4v) is 4.11. The quantitative estimate of drug-likeness (QED) is 0.922. The molecular weight excluding hydrogens is 278 g/mol. The van der Waals surface area contributed by atoms with E-state index in [-0.39, 0.29) is 0 Å². The van der Waals surface area contributed by atoms with Gasteiger partial charge in [0, 0.05) is 24.5 Å². The van der Waals surface area contributed by atoms with E-state index in [4.69, 9.17) is 5.73 Å². The zero-order valence-electron chi connectivity index (χ0n) is 14.2. The van der Waals surface area contributed by atoms with Crippen molar-refractivity contribution in [2.24, 2.45) is 23.0 Å². The number of rotatable bonds is 4. The summed E-state index contributed by atoms with van der Waals surface area (Å²) in [6.45, 7) is 11.2. The average molecular weight is 310 g/mol. The van der Waals surface area contributed by atoms with E-state index in [0.717, 1.165) is 24.0 Å². The molecule has 0 saturated heterocycles. The van der Waals surface area contributed by atoms with E-state index in [1.165, 1.54) is 25.0 Å². The smallest absolute Gasteiger partial charge is 0.0897 e. The van der Waals surface area contributed by atoms with Gasteiger partial charge in [0.2, 0.25) is 0 Å². The third-order valence-corrected chi connectivity index (χ3v) is 5.73. The largest absolute Gasteiger partial charge is 0.327 e. The number of hydrogen-bond acceptors (Lipinski definition) is 4. The Kier molecular flexibility index (Phi) is 5.44. The van der Waals surface area contributed by atoms with Crippen molar-refractivity contribution in [3.63, 3.8) is 0 Å². The van der Waals surface area contributed by atoms with Crippen molar-refractivity contribution in [2.75, 3.05) is 13.6 Å². The van der Waals surface area contributed by atoms with Crippen molar-refractivity contribution in [3.8, 4) is 0 Å². The van der Waals surface area contributed by atoms with Crippen molar-refractivity contribution < 1.29 is 0 Å².